The Kier molecular flexibility index (Phi) is 5.84. The van der Waals surface area contributed by atoms with E-state index in [2.05, 4.69) is 14.7 Å². The largest absolute Gasteiger partial charge is 0.452 e. The Balaban J connectivity index is 1.96. The van der Waals surface area contributed by atoms with Crippen LogP contribution in [0.1, 0.15) is 35.7 Å². The van der Waals surface area contributed by atoms with Gasteiger partial charge in [0.1, 0.15) is 5.69 Å². The maximum absolute atomic E-state index is 13.2. The first-order valence-corrected chi connectivity index (χ1v) is 10.8. The third-order valence-electron chi connectivity index (χ3n) is 4.43. The van der Waals surface area contributed by atoms with E-state index in [9.17, 15) is 21.6 Å². The number of hydrogen-bond acceptors (Lipinski definition) is 6. The molecule has 0 bridgehead atoms. The van der Waals surface area contributed by atoms with E-state index in [1.54, 1.807) is 31.3 Å². The lowest BCUT2D eigenvalue weighted by Crippen LogP contribution is -2.31. The summed E-state index contributed by atoms with van der Waals surface area (Å²) in [5.41, 5.74) is 0.548. The lowest BCUT2D eigenvalue weighted by Gasteiger charge is -2.26. The Hall–Kier alpha value is -2.24. The lowest BCUT2D eigenvalue weighted by atomic mass is 10.1. The van der Waals surface area contributed by atoms with E-state index in [0.29, 0.717) is 17.0 Å². The number of hydrogen-bond donors (Lipinski definition) is 0. The van der Waals surface area contributed by atoms with Crippen LogP contribution in [0.15, 0.2) is 45.9 Å². The minimum Gasteiger partial charge on any atom is -0.351 e. The van der Waals surface area contributed by atoms with E-state index >= 15 is 0 Å². The molecule has 156 valence electrons. The van der Waals surface area contributed by atoms with Gasteiger partial charge in [-0.3, -0.25) is 4.98 Å². The van der Waals surface area contributed by atoms with Gasteiger partial charge in [0.05, 0.1) is 21.5 Å². The number of nitrogens with zero attached hydrogens (tertiary/aromatic N) is 3. The molecule has 11 heteroatoms. The average molecular weight is 445 g/mol. The first kappa shape index (κ1) is 21.5. The molecule has 1 atom stereocenters. The van der Waals surface area contributed by atoms with Crippen LogP contribution in [0, 0.1) is 6.92 Å². The maximum atomic E-state index is 13.2. The summed E-state index contributed by atoms with van der Waals surface area (Å²) in [5.74, 6) is -1.23. The first-order valence-electron chi connectivity index (χ1n) is 8.59. The van der Waals surface area contributed by atoms with Crippen molar-refractivity contribution in [1.82, 2.24) is 14.4 Å². The molecule has 0 aliphatic heterocycles. The standard InChI is InChI=1S/C18H18F3N3O3S2/c1-4-14(12-7-5-6-8-22-12)24(3)29(25,26)16-10-15(28-11(16)2)13-9-17(27-23-13)18(19,20)21/h5-10,14H,4H2,1-3H3. The molecule has 6 nitrogen and oxygen atoms in total. The van der Waals surface area contributed by atoms with E-state index in [1.807, 2.05) is 6.92 Å². The molecular weight excluding hydrogens is 427 g/mol. The number of alkyl halides is 3. The van der Waals surface area contributed by atoms with Gasteiger partial charge < -0.3 is 4.52 Å². The molecule has 0 aliphatic carbocycles. The highest BCUT2D eigenvalue weighted by Gasteiger charge is 2.37. The van der Waals surface area contributed by atoms with Crippen LogP contribution in [0.4, 0.5) is 13.2 Å². The molecule has 0 aliphatic rings. The monoisotopic (exact) mass is 445 g/mol. The summed E-state index contributed by atoms with van der Waals surface area (Å²) in [6.07, 6.45) is -2.57. The van der Waals surface area contributed by atoms with E-state index < -0.39 is 28.0 Å². The second-order valence-corrected chi connectivity index (χ2v) is 9.53. The van der Waals surface area contributed by atoms with Gasteiger partial charge in [0.25, 0.3) is 0 Å². The van der Waals surface area contributed by atoms with Gasteiger partial charge in [0.2, 0.25) is 15.8 Å². The number of aryl methyl sites for hydroxylation is 1. The van der Waals surface area contributed by atoms with E-state index in [-0.39, 0.29) is 15.5 Å². The molecule has 3 rings (SSSR count). The Morgan fingerprint density at radius 2 is 2.00 bits per heavy atom. The van der Waals surface area contributed by atoms with Crippen molar-refractivity contribution < 1.29 is 26.1 Å². The lowest BCUT2D eigenvalue weighted by molar-refractivity contribution is -0.155. The average Bonchev–Trinajstić information content (AvgIpc) is 3.30. The zero-order valence-electron chi connectivity index (χ0n) is 15.8. The smallest absolute Gasteiger partial charge is 0.351 e. The van der Waals surface area contributed by atoms with Crippen LogP contribution in [0.25, 0.3) is 10.6 Å². The molecule has 0 aromatic carbocycles. The fourth-order valence-corrected chi connectivity index (χ4v) is 5.84. The molecule has 0 amide bonds. The normalized spacial score (nSPS) is 13.8. The maximum Gasteiger partial charge on any atom is 0.452 e. The number of rotatable bonds is 6. The highest BCUT2D eigenvalue weighted by molar-refractivity contribution is 7.89. The summed E-state index contributed by atoms with van der Waals surface area (Å²) < 4.78 is 70.3. The molecule has 0 N–H and O–H groups in total. The van der Waals surface area contributed by atoms with Gasteiger partial charge in [-0.2, -0.15) is 17.5 Å². The second kappa shape index (κ2) is 7.88. The van der Waals surface area contributed by atoms with Crippen molar-refractivity contribution in [3.63, 3.8) is 0 Å². The van der Waals surface area contributed by atoms with Crippen molar-refractivity contribution in [2.24, 2.45) is 0 Å². The molecule has 3 aromatic heterocycles. The SMILES string of the molecule is CCC(c1ccccn1)N(C)S(=O)(=O)c1cc(-c2cc(C(F)(F)F)on2)sc1C. The molecule has 0 radical (unpaired) electrons. The molecule has 29 heavy (non-hydrogen) atoms. The van der Waals surface area contributed by atoms with Gasteiger partial charge in [0.15, 0.2) is 0 Å². The molecule has 3 heterocycles. The van der Waals surface area contributed by atoms with Crippen LogP contribution in [-0.4, -0.2) is 29.9 Å². The van der Waals surface area contributed by atoms with Gasteiger partial charge in [-0.15, -0.1) is 11.3 Å². The van der Waals surface area contributed by atoms with Crippen LogP contribution < -0.4 is 0 Å². The first-order chi connectivity index (χ1) is 13.6. The van der Waals surface area contributed by atoms with Gasteiger partial charge in [0, 0.05) is 24.2 Å². The quantitative estimate of drug-likeness (QED) is 0.540. The molecule has 0 spiro atoms. The third-order valence-corrected chi connectivity index (χ3v) is 7.62. The van der Waals surface area contributed by atoms with Crippen molar-refractivity contribution in [2.75, 3.05) is 7.05 Å². The number of halogens is 3. The van der Waals surface area contributed by atoms with Crippen LogP contribution in [-0.2, 0) is 16.2 Å². The van der Waals surface area contributed by atoms with E-state index in [0.717, 1.165) is 17.4 Å². The van der Waals surface area contributed by atoms with Crippen molar-refractivity contribution in [3.05, 3.63) is 52.9 Å². The van der Waals surface area contributed by atoms with Crippen molar-refractivity contribution in [3.8, 4) is 10.6 Å². The molecule has 0 fully saturated rings. The van der Waals surface area contributed by atoms with Gasteiger partial charge in [-0.25, -0.2) is 8.42 Å². The van der Waals surface area contributed by atoms with Gasteiger partial charge in [-0.1, -0.05) is 18.1 Å². The van der Waals surface area contributed by atoms with Crippen molar-refractivity contribution in [2.45, 2.75) is 37.4 Å². The number of pyridine rings is 1. The van der Waals surface area contributed by atoms with E-state index in [4.69, 9.17) is 0 Å². The molecule has 1 unspecified atom stereocenters. The Morgan fingerprint density at radius 1 is 1.28 bits per heavy atom. The summed E-state index contributed by atoms with van der Waals surface area (Å²) in [5, 5.41) is 3.43. The van der Waals surface area contributed by atoms with Crippen LogP contribution in [0.5, 0.6) is 0 Å². The predicted octanol–water partition coefficient (Wildman–Crippen LogP) is 4.90. The summed E-state index contributed by atoms with van der Waals surface area (Å²) >= 11 is 1.04. The van der Waals surface area contributed by atoms with Crippen LogP contribution >= 0.6 is 11.3 Å². The van der Waals surface area contributed by atoms with Crippen molar-refractivity contribution in [1.29, 1.82) is 0 Å². The number of thiophene rings is 1. The third kappa shape index (κ3) is 4.21. The molecule has 3 aromatic rings. The van der Waals surface area contributed by atoms with Crippen LogP contribution in [0.2, 0.25) is 0 Å². The minimum atomic E-state index is -4.66. The Bertz CT molecular complexity index is 1090. The van der Waals surface area contributed by atoms with Crippen molar-refractivity contribution >= 4 is 21.4 Å². The predicted molar refractivity (Wildman–Crippen MR) is 102 cm³/mol. The Morgan fingerprint density at radius 3 is 2.55 bits per heavy atom. The fourth-order valence-electron chi connectivity index (χ4n) is 2.92. The topological polar surface area (TPSA) is 76.3 Å². The Labute approximate surface area is 170 Å². The fraction of sp³-hybridized carbons (Fsp3) is 0.333. The second-order valence-electron chi connectivity index (χ2n) is 6.31. The summed E-state index contributed by atoms with van der Waals surface area (Å²) in [6.45, 7) is 3.45. The van der Waals surface area contributed by atoms with Gasteiger partial charge in [-0.05, 0) is 31.5 Å². The summed E-state index contributed by atoms with van der Waals surface area (Å²) in [7, 11) is -2.45. The zero-order chi connectivity index (χ0) is 21.4. The number of aromatic nitrogens is 2. The minimum absolute atomic E-state index is 0.0194. The zero-order valence-corrected chi connectivity index (χ0v) is 17.4. The number of sulfonamides is 1. The molecule has 0 saturated heterocycles. The highest BCUT2D eigenvalue weighted by atomic mass is 32.2. The molecule has 0 saturated carbocycles. The summed E-state index contributed by atoms with van der Waals surface area (Å²) in [4.78, 5) is 4.99. The molecular formula is C18H18F3N3O3S2. The van der Waals surface area contributed by atoms with E-state index in [1.165, 1.54) is 17.4 Å². The highest BCUT2D eigenvalue weighted by Crippen LogP contribution is 2.38. The van der Waals surface area contributed by atoms with Gasteiger partial charge >= 0.3 is 6.18 Å². The van der Waals surface area contributed by atoms with Crippen LogP contribution in [0.3, 0.4) is 0 Å². The summed E-state index contributed by atoms with van der Waals surface area (Å²) in [6, 6.07) is 6.88.